The molecule has 0 saturated heterocycles. The number of hydrogen-bond acceptors (Lipinski definition) is 2. The van der Waals surface area contributed by atoms with Crippen molar-refractivity contribution in [2.45, 2.75) is 25.7 Å². The second kappa shape index (κ2) is 3.74. The lowest BCUT2D eigenvalue weighted by Gasteiger charge is -2.24. The van der Waals surface area contributed by atoms with Crippen molar-refractivity contribution in [3.05, 3.63) is 36.2 Å². The molecule has 16 heavy (non-hydrogen) atoms. The third-order valence-electron chi connectivity index (χ3n) is 3.43. The minimum Gasteiger partial charge on any atom is -0.294 e. The first-order valence-corrected chi connectivity index (χ1v) is 5.80. The second-order valence-corrected chi connectivity index (χ2v) is 4.51. The van der Waals surface area contributed by atoms with Crippen molar-refractivity contribution in [2.24, 2.45) is 5.92 Å². The molecule has 3 rings (SSSR count). The molecule has 3 nitrogen and oxygen atoms in total. The van der Waals surface area contributed by atoms with Gasteiger partial charge in [0, 0.05) is 12.6 Å². The Kier molecular flexibility index (Phi) is 2.24. The summed E-state index contributed by atoms with van der Waals surface area (Å²) in [4.78, 5) is 12.1. The molecule has 2 heterocycles. The van der Waals surface area contributed by atoms with E-state index in [0.717, 1.165) is 11.1 Å². The Bertz CT molecular complexity index is 525. The van der Waals surface area contributed by atoms with Gasteiger partial charge in [-0.15, -0.1) is 0 Å². The summed E-state index contributed by atoms with van der Waals surface area (Å²) in [5.41, 5.74) is 1.69. The number of aromatic nitrogens is 2. The number of hydrogen-bond donors (Lipinski definition) is 0. The molecule has 0 aliphatic heterocycles. The van der Waals surface area contributed by atoms with E-state index in [9.17, 15) is 4.79 Å². The van der Waals surface area contributed by atoms with Gasteiger partial charge in [0.15, 0.2) is 5.78 Å². The van der Waals surface area contributed by atoms with Crippen LogP contribution in [0.15, 0.2) is 30.6 Å². The van der Waals surface area contributed by atoms with Crippen LogP contribution in [-0.4, -0.2) is 15.4 Å². The molecule has 1 aliphatic rings. The quantitative estimate of drug-likeness (QED) is 0.736. The van der Waals surface area contributed by atoms with Crippen molar-refractivity contribution in [1.29, 1.82) is 0 Å². The van der Waals surface area contributed by atoms with Gasteiger partial charge in [-0.2, -0.15) is 5.10 Å². The third-order valence-corrected chi connectivity index (χ3v) is 3.43. The first-order valence-electron chi connectivity index (χ1n) is 5.80. The summed E-state index contributed by atoms with van der Waals surface area (Å²) in [7, 11) is 0. The largest absolute Gasteiger partial charge is 0.294 e. The Morgan fingerprint density at radius 3 is 3.06 bits per heavy atom. The fourth-order valence-electron chi connectivity index (χ4n) is 2.22. The summed E-state index contributed by atoms with van der Waals surface area (Å²) >= 11 is 0. The van der Waals surface area contributed by atoms with E-state index in [-0.39, 0.29) is 5.78 Å². The number of carbonyl (C=O) groups is 1. The zero-order valence-electron chi connectivity index (χ0n) is 9.10. The summed E-state index contributed by atoms with van der Waals surface area (Å²) in [5, 5.41) is 4.19. The molecule has 0 bridgehead atoms. The maximum absolute atomic E-state index is 12.1. The lowest BCUT2D eigenvalue weighted by Crippen LogP contribution is -2.15. The van der Waals surface area contributed by atoms with Gasteiger partial charge in [0.1, 0.15) is 0 Å². The SMILES string of the molecule is O=C(CC1CCC1)c1cnn2ccccc12. The zero-order valence-corrected chi connectivity index (χ0v) is 9.10. The van der Waals surface area contributed by atoms with Crippen LogP contribution in [0.4, 0.5) is 0 Å². The van der Waals surface area contributed by atoms with Gasteiger partial charge in [-0.25, -0.2) is 4.52 Å². The molecule has 0 spiro atoms. The summed E-state index contributed by atoms with van der Waals surface area (Å²) in [6.07, 6.45) is 7.96. The van der Waals surface area contributed by atoms with E-state index < -0.39 is 0 Å². The molecule has 1 saturated carbocycles. The topological polar surface area (TPSA) is 34.4 Å². The average molecular weight is 214 g/mol. The highest BCUT2D eigenvalue weighted by molar-refractivity contribution is 6.02. The average Bonchev–Trinajstić information content (AvgIpc) is 2.67. The van der Waals surface area contributed by atoms with Gasteiger partial charge in [-0.05, 0) is 18.1 Å². The number of carbonyl (C=O) groups excluding carboxylic acids is 1. The first-order chi connectivity index (χ1) is 7.84. The number of ketones is 1. The molecule has 1 fully saturated rings. The highest BCUT2D eigenvalue weighted by Gasteiger charge is 2.22. The zero-order chi connectivity index (χ0) is 11.0. The third kappa shape index (κ3) is 1.52. The van der Waals surface area contributed by atoms with E-state index in [0.29, 0.717) is 12.3 Å². The van der Waals surface area contributed by atoms with E-state index in [1.807, 2.05) is 24.4 Å². The number of rotatable bonds is 3. The molecular weight excluding hydrogens is 200 g/mol. The van der Waals surface area contributed by atoms with E-state index >= 15 is 0 Å². The molecule has 0 N–H and O–H groups in total. The monoisotopic (exact) mass is 214 g/mol. The van der Waals surface area contributed by atoms with Crippen LogP contribution < -0.4 is 0 Å². The molecule has 0 aromatic carbocycles. The van der Waals surface area contributed by atoms with E-state index in [1.165, 1.54) is 19.3 Å². The number of pyridine rings is 1. The van der Waals surface area contributed by atoms with Gasteiger partial charge in [-0.3, -0.25) is 4.79 Å². The smallest absolute Gasteiger partial charge is 0.166 e. The fourth-order valence-corrected chi connectivity index (χ4v) is 2.22. The molecule has 0 amide bonds. The highest BCUT2D eigenvalue weighted by Crippen LogP contribution is 2.30. The van der Waals surface area contributed by atoms with Gasteiger partial charge >= 0.3 is 0 Å². The van der Waals surface area contributed by atoms with Crippen LogP contribution in [-0.2, 0) is 0 Å². The Hall–Kier alpha value is -1.64. The molecule has 82 valence electrons. The minimum absolute atomic E-state index is 0.242. The summed E-state index contributed by atoms with van der Waals surface area (Å²) in [5.74, 6) is 0.858. The van der Waals surface area contributed by atoms with Crippen molar-refractivity contribution < 1.29 is 4.79 Å². The Balaban J connectivity index is 1.89. The van der Waals surface area contributed by atoms with Crippen LogP contribution in [0.5, 0.6) is 0 Å². The molecule has 3 heteroatoms. The normalized spacial score (nSPS) is 16.2. The predicted molar refractivity (Wildman–Crippen MR) is 61.5 cm³/mol. The second-order valence-electron chi connectivity index (χ2n) is 4.51. The lowest BCUT2D eigenvalue weighted by molar-refractivity contribution is 0.0938. The van der Waals surface area contributed by atoms with Gasteiger partial charge in [-0.1, -0.05) is 25.3 Å². The predicted octanol–water partition coefficient (Wildman–Crippen LogP) is 2.71. The number of Topliss-reactive ketones (excluding diaryl/α,β-unsaturated/α-hetero) is 1. The highest BCUT2D eigenvalue weighted by atomic mass is 16.1. The number of nitrogens with zero attached hydrogens (tertiary/aromatic N) is 2. The lowest BCUT2D eigenvalue weighted by atomic mass is 9.81. The molecular formula is C13H14N2O. The van der Waals surface area contributed by atoms with Crippen LogP contribution in [0.25, 0.3) is 5.52 Å². The van der Waals surface area contributed by atoms with Crippen LogP contribution in [0, 0.1) is 5.92 Å². The minimum atomic E-state index is 0.242. The van der Waals surface area contributed by atoms with Crippen molar-refractivity contribution in [3.63, 3.8) is 0 Å². The van der Waals surface area contributed by atoms with Gasteiger partial charge in [0.2, 0.25) is 0 Å². The fraction of sp³-hybridized carbons (Fsp3) is 0.385. The van der Waals surface area contributed by atoms with Crippen molar-refractivity contribution >= 4 is 11.3 Å². The maximum atomic E-state index is 12.1. The molecule has 0 atom stereocenters. The van der Waals surface area contributed by atoms with Crippen molar-refractivity contribution in [1.82, 2.24) is 9.61 Å². The molecule has 0 radical (unpaired) electrons. The Morgan fingerprint density at radius 1 is 1.44 bits per heavy atom. The van der Waals surface area contributed by atoms with Crippen molar-refractivity contribution in [2.75, 3.05) is 0 Å². The van der Waals surface area contributed by atoms with Crippen LogP contribution in [0.2, 0.25) is 0 Å². The van der Waals surface area contributed by atoms with Crippen molar-refractivity contribution in [3.8, 4) is 0 Å². The Labute approximate surface area is 94.1 Å². The standard InChI is InChI=1S/C13H14N2O/c16-13(8-10-4-3-5-10)11-9-14-15-7-2-1-6-12(11)15/h1-2,6-7,9-10H,3-5,8H2. The number of fused-ring (bicyclic) bond motifs is 1. The van der Waals surface area contributed by atoms with E-state index in [2.05, 4.69) is 5.10 Å². The molecule has 2 aromatic rings. The summed E-state index contributed by atoms with van der Waals surface area (Å²) in [6.45, 7) is 0. The molecule has 1 aliphatic carbocycles. The summed E-state index contributed by atoms with van der Waals surface area (Å²) < 4.78 is 1.76. The van der Waals surface area contributed by atoms with Gasteiger partial charge < -0.3 is 0 Å². The molecule has 0 unspecified atom stereocenters. The van der Waals surface area contributed by atoms with Crippen LogP contribution in [0.3, 0.4) is 0 Å². The van der Waals surface area contributed by atoms with Gasteiger partial charge in [0.25, 0.3) is 0 Å². The molecule has 2 aromatic heterocycles. The maximum Gasteiger partial charge on any atom is 0.166 e. The van der Waals surface area contributed by atoms with Crippen LogP contribution in [0.1, 0.15) is 36.0 Å². The van der Waals surface area contributed by atoms with Gasteiger partial charge in [0.05, 0.1) is 17.3 Å². The Morgan fingerprint density at radius 2 is 2.31 bits per heavy atom. The van der Waals surface area contributed by atoms with E-state index in [1.54, 1.807) is 10.7 Å². The van der Waals surface area contributed by atoms with E-state index in [4.69, 9.17) is 0 Å². The summed E-state index contributed by atoms with van der Waals surface area (Å²) in [6, 6.07) is 5.80. The van der Waals surface area contributed by atoms with Crippen LogP contribution >= 0.6 is 0 Å². The first kappa shape index (κ1) is 9.58.